The number of amides is 2. The van der Waals surface area contributed by atoms with Crippen molar-refractivity contribution in [2.75, 3.05) is 12.9 Å². The molecule has 0 aliphatic carbocycles. The van der Waals surface area contributed by atoms with Crippen LogP contribution in [0.2, 0.25) is 0 Å². The van der Waals surface area contributed by atoms with Crippen molar-refractivity contribution in [1.82, 2.24) is 25.1 Å². The number of benzene rings is 3. The Hall–Kier alpha value is -4.74. The number of hydrazone groups is 1. The van der Waals surface area contributed by atoms with Gasteiger partial charge >= 0.3 is 0 Å². The van der Waals surface area contributed by atoms with Crippen molar-refractivity contribution in [3.05, 3.63) is 124 Å². The van der Waals surface area contributed by atoms with Gasteiger partial charge in [0.15, 0.2) is 11.0 Å². The Morgan fingerprint density at radius 1 is 0.978 bits per heavy atom. The summed E-state index contributed by atoms with van der Waals surface area (Å²) >= 11 is 2.89. The first-order chi connectivity index (χ1) is 22.0. The highest BCUT2D eigenvalue weighted by molar-refractivity contribution is 7.99. The molecule has 1 aliphatic heterocycles. The Balaban J connectivity index is 1.23. The normalized spacial score (nSPS) is 14.3. The molecule has 2 aromatic heterocycles. The van der Waals surface area contributed by atoms with Crippen LogP contribution in [0.15, 0.2) is 107 Å². The van der Waals surface area contributed by atoms with Crippen molar-refractivity contribution in [2.45, 2.75) is 37.5 Å². The highest BCUT2D eigenvalue weighted by Gasteiger charge is 2.33. The number of carbonyl (C=O) groups excluding carboxylic acids is 2. The van der Waals surface area contributed by atoms with Gasteiger partial charge < -0.3 is 10.1 Å². The molecule has 5 aromatic rings. The van der Waals surface area contributed by atoms with E-state index in [1.54, 1.807) is 23.5 Å². The van der Waals surface area contributed by atoms with Crippen molar-refractivity contribution >= 4 is 40.6 Å². The van der Waals surface area contributed by atoms with Crippen molar-refractivity contribution in [3.63, 3.8) is 0 Å². The predicted molar refractivity (Wildman–Crippen MR) is 177 cm³/mol. The van der Waals surface area contributed by atoms with Gasteiger partial charge in [-0.15, -0.1) is 21.5 Å². The first-order valence-corrected chi connectivity index (χ1v) is 16.4. The van der Waals surface area contributed by atoms with Gasteiger partial charge in [0.1, 0.15) is 5.75 Å². The first kappa shape index (κ1) is 30.3. The van der Waals surface area contributed by atoms with E-state index in [0.717, 1.165) is 27.3 Å². The number of thiophene rings is 1. The molecule has 0 saturated carbocycles. The van der Waals surface area contributed by atoms with Crippen LogP contribution in [0.25, 0.3) is 5.69 Å². The Morgan fingerprint density at radius 2 is 1.76 bits per heavy atom. The van der Waals surface area contributed by atoms with E-state index in [1.165, 1.54) is 11.8 Å². The second-order valence-corrected chi connectivity index (χ2v) is 12.4. The largest absolute Gasteiger partial charge is 0.495 e. The number of ether oxygens (including phenoxy) is 1. The van der Waals surface area contributed by atoms with E-state index in [4.69, 9.17) is 9.84 Å². The molecule has 0 spiro atoms. The molecule has 0 fully saturated rings. The van der Waals surface area contributed by atoms with Gasteiger partial charge in [-0.2, -0.15) is 5.10 Å². The van der Waals surface area contributed by atoms with Gasteiger partial charge in [0.25, 0.3) is 5.91 Å². The fraction of sp³-hybridized carbons (Fsp3) is 0.206. The lowest BCUT2D eigenvalue weighted by Crippen LogP contribution is -2.28. The van der Waals surface area contributed by atoms with E-state index in [-0.39, 0.29) is 36.6 Å². The summed E-state index contributed by atoms with van der Waals surface area (Å²) in [4.78, 5) is 27.6. The maximum atomic E-state index is 13.8. The zero-order chi connectivity index (χ0) is 31.2. The van der Waals surface area contributed by atoms with Gasteiger partial charge in [-0.25, -0.2) is 5.01 Å². The molecule has 0 bridgehead atoms. The molecule has 1 unspecified atom stereocenters. The van der Waals surface area contributed by atoms with Gasteiger partial charge in [-0.3, -0.25) is 14.2 Å². The quantitative estimate of drug-likeness (QED) is 0.179. The number of aromatic nitrogens is 3. The second kappa shape index (κ2) is 13.9. The molecule has 9 nitrogen and oxygen atoms in total. The molecule has 6 rings (SSSR count). The number of hydrogen-bond donors (Lipinski definition) is 1. The van der Waals surface area contributed by atoms with Crippen LogP contribution in [-0.4, -0.2) is 50.2 Å². The van der Waals surface area contributed by atoms with E-state index in [1.807, 2.05) is 83.6 Å². The number of carbonyl (C=O) groups is 2. The minimum atomic E-state index is -0.196. The fourth-order valence-corrected chi connectivity index (χ4v) is 6.70. The highest BCUT2D eigenvalue weighted by Crippen LogP contribution is 2.35. The molecular weight excluding hydrogens is 605 g/mol. The zero-order valence-corrected chi connectivity index (χ0v) is 26.6. The van der Waals surface area contributed by atoms with Gasteiger partial charge in [-0.05, 0) is 41.6 Å². The van der Waals surface area contributed by atoms with Crippen LogP contribution in [0.4, 0.5) is 0 Å². The molecule has 45 heavy (non-hydrogen) atoms. The molecule has 228 valence electrons. The predicted octanol–water partition coefficient (Wildman–Crippen LogP) is 5.97. The lowest BCUT2D eigenvalue weighted by Gasteiger charge is -2.22. The number of methoxy groups -OCH3 is 1. The number of para-hydroxylation sites is 2. The maximum Gasteiger partial charge on any atom is 0.253 e. The molecule has 2 amide bonds. The summed E-state index contributed by atoms with van der Waals surface area (Å²) in [6.45, 7) is 2.20. The van der Waals surface area contributed by atoms with Gasteiger partial charge in [0, 0.05) is 6.42 Å². The molecular formula is C34H32N6O3S2. The number of hydrogen-bond acceptors (Lipinski definition) is 8. The monoisotopic (exact) mass is 636 g/mol. The van der Waals surface area contributed by atoms with Crippen LogP contribution in [0.5, 0.6) is 5.75 Å². The van der Waals surface area contributed by atoms with E-state index in [9.17, 15) is 9.59 Å². The smallest absolute Gasteiger partial charge is 0.253 e. The topological polar surface area (TPSA) is 102 Å². The third-order valence-electron chi connectivity index (χ3n) is 7.44. The van der Waals surface area contributed by atoms with Gasteiger partial charge in [0.2, 0.25) is 5.91 Å². The molecule has 3 aromatic carbocycles. The third-order valence-corrected chi connectivity index (χ3v) is 9.27. The van der Waals surface area contributed by atoms with Crippen molar-refractivity contribution < 1.29 is 14.3 Å². The van der Waals surface area contributed by atoms with E-state index < -0.39 is 0 Å². The van der Waals surface area contributed by atoms with Gasteiger partial charge in [-0.1, -0.05) is 90.1 Å². The van der Waals surface area contributed by atoms with Crippen LogP contribution < -0.4 is 10.1 Å². The fourth-order valence-electron chi connectivity index (χ4n) is 5.16. The van der Waals surface area contributed by atoms with Crippen LogP contribution in [0.3, 0.4) is 0 Å². The number of nitrogens with one attached hydrogen (secondary N) is 1. The summed E-state index contributed by atoms with van der Waals surface area (Å²) in [5, 5.41) is 20.8. The average Bonchev–Trinajstić information content (AvgIpc) is 3.84. The molecule has 0 saturated heterocycles. The van der Waals surface area contributed by atoms with Crippen molar-refractivity contribution in [2.24, 2.45) is 5.10 Å². The standard InChI is InChI=1S/C34H32N6O3S2/c1-23-14-16-25(17-15-23)28-20-26(30-13-8-18-44-30)38-40(28)33(42)22-45-34-37-36-31(39(34)27-11-6-7-12-29(27)43-2)21-35-32(41)19-24-9-4-3-5-10-24/h3-18,28H,19-22H2,1-2H3,(H,35,41). The number of rotatable bonds is 11. The van der Waals surface area contributed by atoms with Gasteiger partial charge in [0.05, 0.1) is 48.1 Å². The minimum absolute atomic E-state index is 0.0945. The van der Waals surface area contributed by atoms with Crippen LogP contribution >= 0.6 is 23.1 Å². The van der Waals surface area contributed by atoms with Crippen molar-refractivity contribution in [1.29, 1.82) is 0 Å². The zero-order valence-electron chi connectivity index (χ0n) is 24.9. The van der Waals surface area contributed by atoms with Crippen LogP contribution in [-0.2, 0) is 22.6 Å². The molecule has 1 N–H and O–H groups in total. The van der Waals surface area contributed by atoms with Crippen LogP contribution in [0, 0.1) is 6.92 Å². The number of aryl methyl sites for hydroxylation is 1. The second-order valence-electron chi connectivity index (χ2n) is 10.5. The number of nitrogens with zero attached hydrogens (tertiary/aromatic N) is 5. The molecule has 1 atom stereocenters. The number of thioether (sulfide) groups is 1. The van der Waals surface area contributed by atoms with E-state index >= 15 is 0 Å². The maximum absolute atomic E-state index is 13.8. The Morgan fingerprint density at radius 3 is 2.51 bits per heavy atom. The summed E-state index contributed by atoms with van der Waals surface area (Å²) < 4.78 is 7.48. The lowest BCUT2D eigenvalue weighted by atomic mass is 10.00. The Kier molecular flexibility index (Phi) is 9.37. The third kappa shape index (κ3) is 7.00. The first-order valence-electron chi connectivity index (χ1n) is 14.5. The summed E-state index contributed by atoms with van der Waals surface area (Å²) in [5.41, 5.74) is 4.74. The average molecular weight is 637 g/mol. The van der Waals surface area contributed by atoms with Crippen molar-refractivity contribution in [3.8, 4) is 11.4 Å². The Bertz CT molecular complexity index is 1800. The lowest BCUT2D eigenvalue weighted by molar-refractivity contribution is -0.130. The molecule has 11 heteroatoms. The Labute approximate surface area is 270 Å². The van der Waals surface area contributed by atoms with Crippen LogP contribution in [0.1, 0.15) is 39.9 Å². The van der Waals surface area contributed by atoms with E-state index in [2.05, 4.69) is 39.8 Å². The summed E-state index contributed by atoms with van der Waals surface area (Å²) in [6, 6.07) is 29.2. The molecule has 0 radical (unpaired) electrons. The molecule has 3 heterocycles. The van der Waals surface area contributed by atoms with E-state index in [0.29, 0.717) is 28.8 Å². The summed E-state index contributed by atoms with van der Waals surface area (Å²) in [6.07, 6.45) is 0.899. The summed E-state index contributed by atoms with van der Waals surface area (Å²) in [5.74, 6) is 0.969. The minimum Gasteiger partial charge on any atom is -0.495 e. The molecule has 1 aliphatic rings. The highest BCUT2D eigenvalue weighted by atomic mass is 32.2. The summed E-state index contributed by atoms with van der Waals surface area (Å²) in [7, 11) is 1.60. The SMILES string of the molecule is COc1ccccc1-n1c(CNC(=O)Cc2ccccc2)nnc1SCC(=O)N1N=C(c2cccs2)CC1c1ccc(C)cc1.